The van der Waals surface area contributed by atoms with Crippen LogP contribution >= 0.6 is 0 Å². The Balaban J connectivity index is 1.87. The molecule has 1 aliphatic rings. The molecule has 3 aromatic rings. The molecule has 1 fully saturated rings. The SMILES string of the molecule is COc1ccc2c(-c3ccc(F)cc3)c(C(C)C)nc(O[C@H]3CCN(C(=O)O)C3)c2c1. The van der Waals surface area contributed by atoms with Crippen LogP contribution in [0.4, 0.5) is 9.18 Å². The summed E-state index contributed by atoms with van der Waals surface area (Å²) >= 11 is 0. The molecule has 1 aliphatic heterocycles. The number of likely N-dealkylation sites (tertiary alicyclic amines) is 1. The molecule has 1 N–H and O–H groups in total. The van der Waals surface area contributed by atoms with E-state index in [9.17, 15) is 14.3 Å². The zero-order chi connectivity index (χ0) is 22.1. The highest BCUT2D eigenvalue weighted by atomic mass is 19.1. The van der Waals surface area contributed by atoms with Crippen LogP contribution in [-0.2, 0) is 0 Å². The van der Waals surface area contributed by atoms with E-state index in [4.69, 9.17) is 14.5 Å². The number of fused-ring (bicyclic) bond motifs is 1. The van der Waals surface area contributed by atoms with Crippen molar-refractivity contribution in [3.63, 3.8) is 0 Å². The highest BCUT2D eigenvalue weighted by molar-refractivity contribution is 6.01. The van der Waals surface area contributed by atoms with Crippen LogP contribution in [0.15, 0.2) is 42.5 Å². The number of hydrogen-bond acceptors (Lipinski definition) is 4. The maximum absolute atomic E-state index is 13.6. The van der Waals surface area contributed by atoms with Crippen LogP contribution in [-0.4, -0.2) is 47.4 Å². The van der Waals surface area contributed by atoms with Gasteiger partial charge >= 0.3 is 6.09 Å². The molecule has 0 radical (unpaired) electrons. The first kappa shape index (κ1) is 20.9. The third-order valence-electron chi connectivity index (χ3n) is 5.58. The normalized spacial score (nSPS) is 16.2. The summed E-state index contributed by atoms with van der Waals surface area (Å²) in [6, 6.07) is 12.1. The van der Waals surface area contributed by atoms with Gasteiger partial charge in [-0.05, 0) is 47.2 Å². The third-order valence-corrected chi connectivity index (χ3v) is 5.58. The number of ether oxygens (including phenoxy) is 2. The van der Waals surface area contributed by atoms with Crippen LogP contribution in [0, 0.1) is 5.82 Å². The summed E-state index contributed by atoms with van der Waals surface area (Å²) < 4.78 is 25.2. The molecule has 1 atom stereocenters. The lowest BCUT2D eigenvalue weighted by atomic mass is 9.92. The number of hydrogen-bond donors (Lipinski definition) is 1. The number of rotatable bonds is 5. The molecule has 0 saturated carbocycles. The van der Waals surface area contributed by atoms with E-state index < -0.39 is 6.09 Å². The zero-order valence-electron chi connectivity index (χ0n) is 17.8. The van der Waals surface area contributed by atoms with E-state index in [1.165, 1.54) is 17.0 Å². The predicted octanol–water partition coefficient (Wildman–Crippen LogP) is 5.30. The van der Waals surface area contributed by atoms with Gasteiger partial charge in [-0.15, -0.1) is 0 Å². The summed E-state index contributed by atoms with van der Waals surface area (Å²) in [5.74, 6) is 0.923. The highest BCUT2D eigenvalue weighted by Gasteiger charge is 2.29. The lowest BCUT2D eigenvalue weighted by molar-refractivity contribution is 0.145. The molecule has 0 unspecified atom stereocenters. The van der Waals surface area contributed by atoms with E-state index in [0.29, 0.717) is 31.1 Å². The first-order chi connectivity index (χ1) is 14.9. The summed E-state index contributed by atoms with van der Waals surface area (Å²) in [7, 11) is 1.60. The van der Waals surface area contributed by atoms with E-state index in [2.05, 4.69) is 13.8 Å². The Labute approximate surface area is 180 Å². The fraction of sp³-hybridized carbons (Fsp3) is 0.333. The molecule has 0 bridgehead atoms. The highest BCUT2D eigenvalue weighted by Crippen LogP contribution is 2.40. The molecule has 1 aromatic heterocycles. The molecule has 2 heterocycles. The molecular weight excluding hydrogens is 399 g/mol. The molecule has 31 heavy (non-hydrogen) atoms. The van der Waals surface area contributed by atoms with Gasteiger partial charge in [-0.1, -0.05) is 26.0 Å². The van der Waals surface area contributed by atoms with Gasteiger partial charge in [-0.25, -0.2) is 14.2 Å². The van der Waals surface area contributed by atoms with Gasteiger partial charge in [0.2, 0.25) is 5.88 Å². The topological polar surface area (TPSA) is 71.9 Å². The maximum Gasteiger partial charge on any atom is 0.407 e. The number of carboxylic acid groups (broad SMARTS) is 1. The zero-order valence-corrected chi connectivity index (χ0v) is 17.8. The molecule has 6 nitrogen and oxygen atoms in total. The van der Waals surface area contributed by atoms with Crippen molar-refractivity contribution < 1.29 is 23.8 Å². The minimum Gasteiger partial charge on any atom is -0.497 e. The number of methoxy groups -OCH3 is 1. The Morgan fingerprint density at radius 2 is 1.94 bits per heavy atom. The molecule has 4 rings (SSSR count). The largest absolute Gasteiger partial charge is 0.497 e. The van der Waals surface area contributed by atoms with Crippen LogP contribution in [0.1, 0.15) is 31.9 Å². The van der Waals surface area contributed by atoms with Gasteiger partial charge < -0.3 is 19.5 Å². The smallest absolute Gasteiger partial charge is 0.407 e. The Hall–Kier alpha value is -3.35. The quantitative estimate of drug-likeness (QED) is 0.601. The number of aromatic nitrogens is 1. The Kier molecular flexibility index (Phi) is 5.67. The number of amides is 1. The first-order valence-electron chi connectivity index (χ1n) is 10.3. The van der Waals surface area contributed by atoms with Crippen LogP contribution in [0.25, 0.3) is 21.9 Å². The summed E-state index contributed by atoms with van der Waals surface area (Å²) in [6.45, 7) is 4.84. The van der Waals surface area contributed by atoms with Crippen LogP contribution in [0.2, 0.25) is 0 Å². The van der Waals surface area contributed by atoms with E-state index in [-0.39, 0.29) is 17.8 Å². The summed E-state index contributed by atoms with van der Waals surface area (Å²) in [4.78, 5) is 17.5. The molecule has 7 heteroatoms. The lowest BCUT2D eigenvalue weighted by Gasteiger charge is -2.21. The molecule has 162 valence electrons. The van der Waals surface area contributed by atoms with Crippen molar-refractivity contribution in [3.8, 4) is 22.8 Å². The lowest BCUT2D eigenvalue weighted by Crippen LogP contribution is -2.29. The number of pyridine rings is 1. The van der Waals surface area contributed by atoms with Crippen molar-refractivity contribution in [3.05, 3.63) is 54.0 Å². The predicted molar refractivity (Wildman–Crippen MR) is 116 cm³/mol. The van der Waals surface area contributed by atoms with E-state index in [1.54, 1.807) is 19.2 Å². The summed E-state index contributed by atoms with van der Waals surface area (Å²) in [6.07, 6.45) is -0.606. The van der Waals surface area contributed by atoms with Gasteiger partial charge in [0.25, 0.3) is 0 Å². The average molecular weight is 424 g/mol. The second kappa shape index (κ2) is 8.41. The minimum atomic E-state index is -0.944. The van der Waals surface area contributed by atoms with Gasteiger partial charge in [0.15, 0.2) is 0 Å². The maximum atomic E-state index is 13.6. The van der Waals surface area contributed by atoms with Gasteiger partial charge in [-0.3, -0.25) is 0 Å². The average Bonchev–Trinajstić information content (AvgIpc) is 3.23. The van der Waals surface area contributed by atoms with Crippen LogP contribution < -0.4 is 9.47 Å². The number of halogens is 1. The second-order valence-corrected chi connectivity index (χ2v) is 8.01. The molecule has 0 spiro atoms. The van der Waals surface area contributed by atoms with Crippen LogP contribution in [0.3, 0.4) is 0 Å². The van der Waals surface area contributed by atoms with Gasteiger partial charge in [0.1, 0.15) is 17.7 Å². The standard InChI is InChI=1S/C24H25FN2O4/c1-14(2)22-21(15-4-6-16(25)7-5-15)19-9-8-17(30-3)12-20(19)23(26-22)31-18-10-11-27(13-18)24(28)29/h4-9,12,14,18H,10-11,13H2,1-3H3,(H,28,29)/t18-/m0/s1. The second-order valence-electron chi connectivity index (χ2n) is 8.01. The third kappa shape index (κ3) is 4.13. The van der Waals surface area contributed by atoms with E-state index in [0.717, 1.165) is 27.6 Å². The number of carbonyl (C=O) groups is 1. The van der Waals surface area contributed by atoms with Crippen molar-refractivity contribution in [2.45, 2.75) is 32.3 Å². The monoisotopic (exact) mass is 424 g/mol. The van der Waals surface area contributed by atoms with Crippen molar-refractivity contribution in [2.75, 3.05) is 20.2 Å². The molecule has 1 amide bonds. The molecule has 0 aliphatic carbocycles. The molecule has 1 saturated heterocycles. The van der Waals surface area contributed by atoms with Crippen molar-refractivity contribution in [1.82, 2.24) is 9.88 Å². The van der Waals surface area contributed by atoms with Crippen molar-refractivity contribution in [1.29, 1.82) is 0 Å². The summed E-state index contributed by atoms with van der Waals surface area (Å²) in [5, 5.41) is 10.9. The van der Waals surface area contributed by atoms with Gasteiger partial charge in [-0.2, -0.15) is 0 Å². The fourth-order valence-electron chi connectivity index (χ4n) is 3.99. The number of benzene rings is 2. The number of nitrogens with zero attached hydrogens (tertiary/aromatic N) is 2. The Bertz CT molecular complexity index is 1110. The Morgan fingerprint density at radius 3 is 2.55 bits per heavy atom. The van der Waals surface area contributed by atoms with Gasteiger partial charge in [0, 0.05) is 23.9 Å². The minimum absolute atomic E-state index is 0.0907. The van der Waals surface area contributed by atoms with Gasteiger partial charge in [0.05, 0.1) is 19.3 Å². The summed E-state index contributed by atoms with van der Waals surface area (Å²) in [5.41, 5.74) is 2.64. The molecular formula is C24H25FN2O4. The van der Waals surface area contributed by atoms with Crippen LogP contribution in [0.5, 0.6) is 11.6 Å². The van der Waals surface area contributed by atoms with Crippen molar-refractivity contribution >= 4 is 16.9 Å². The van der Waals surface area contributed by atoms with Crippen molar-refractivity contribution in [2.24, 2.45) is 0 Å². The Morgan fingerprint density at radius 1 is 1.19 bits per heavy atom. The fourth-order valence-corrected chi connectivity index (χ4v) is 3.99. The first-order valence-corrected chi connectivity index (χ1v) is 10.3. The molecule has 2 aromatic carbocycles. The van der Waals surface area contributed by atoms with E-state index in [1.807, 2.05) is 18.2 Å². The van der Waals surface area contributed by atoms with E-state index >= 15 is 0 Å².